The molecule has 0 saturated heterocycles. The van der Waals surface area contributed by atoms with E-state index >= 15 is 0 Å². The van der Waals surface area contributed by atoms with Crippen LogP contribution in [0.2, 0.25) is 0 Å². The van der Waals surface area contributed by atoms with E-state index in [2.05, 4.69) is 52.1 Å². The highest BCUT2D eigenvalue weighted by Gasteiger charge is 2.26. The van der Waals surface area contributed by atoms with Crippen molar-refractivity contribution in [1.29, 1.82) is 0 Å². The highest BCUT2D eigenvalue weighted by atomic mass is 79.9. The molecule has 1 heterocycles. The first-order chi connectivity index (χ1) is 7.10. The summed E-state index contributed by atoms with van der Waals surface area (Å²) in [5.41, 5.74) is 1.18. The Morgan fingerprint density at radius 3 is 2.33 bits per heavy atom. The van der Waals surface area contributed by atoms with Crippen LogP contribution < -0.4 is 0 Å². The van der Waals surface area contributed by atoms with E-state index in [9.17, 15) is 0 Å². The normalized spacial score (nSPS) is 11.7. The smallest absolute Gasteiger partial charge is 0.142 e. The van der Waals surface area contributed by atoms with Crippen molar-refractivity contribution in [2.24, 2.45) is 0 Å². The van der Waals surface area contributed by atoms with E-state index in [1.807, 2.05) is 18.2 Å². The first-order valence-electron chi connectivity index (χ1n) is 4.66. The van der Waals surface area contributed by atoms with Gasteiger partial charge in [0.1, 0.15) is 5.01 Å². The summed E-state index contributed by atoms with van der Waals surface area (Å²) in [6.07, 6.45) is 0. The lowest BCUT2D eigenvalue weighted by atomic mass is 9.85. The molecule has 0 aliphatic carbocycles. The van der Waals surface area contributed by atoms with Crippen molar-refractivity contribution in [2.45, 2.75) is 19.3 Å². The third-order valence-electron chi connectivity index (χ3n) is 2.43. The van der Waals surface area contributed by atoms with Crippen LogP contribution in [-0.4, -0.2) is 10.2 Å². The van der Waals surface area contributed by atoms with Gasteiger partial charge in [-0.1, -0.05) is 41.7 Å². The van der Waals surface area contributed by atoms with Crippen LogP contribution >= 0.6 is 27.3 Å². The van der Waals surface area contributed by atoms with Gasteiger partial charge in [-0.3, -0.25) is 0 Å². The fourth-order valence-corrected chi connectivity index (χ4v) is 2.67. The molecule has 0 N–H and O–H groups in total. The summed E-state index contributed by atoms with van der Waals surface area (Å²) in [6, 6.07) is 10.4. The topological polar surface area (TPSA) is 25.8 Å². The SMILES string of the molecule is CC(C)(c1ccccc1)c1nnc(Br)s1. The molecule has 2 rings (SSSR count). The summed E-state index contributed by atoms with van der Waals surface area (Å²) < 4.78 is 0.835. The van der Waals surface area contributed by atoms with Crippen LogP contribution in [0.25, 0.3) is 0 Å². The van der Waals surface area contributed by atoms with Gasteiger partial charge in [0.15, 0.2) is 3.92 Å². The molecule has 15 heavy (non-hydrogen) atoms. The van der Waals surface area contributed by atoms with Crippen LogP contribution in [0.4, 0.5) is 0 Å². The zero-order chi connectivity index (χ0) is 10.9. The zero-order valence-electron chi connectivity index (χ0n) is 8.57. The molecule has 0 spiro atoms. The molecule has 2 nitrogen and oxygen atoms in total. The Labute approximate surface area is 101 Å². The van der Waals surface area contributed by atoms with Gasteiger partial charge in [-0.2, -0.15) is 0 Å². The van der Waals surface area contributed by atoms with Crippen LogP contribution in [0.15, 0.2) is 34.2 Å². The average molecular weight is 283 g/mol. The molecule has 4 heteroatoms. The third kappa shape index (κ3) is 2.11. The highest BCUT2D eigenvalue weighted by molar-refractivity contribution is 9.11. The van der Waals surface area contributed by atoms with Crippen LogP contribution in [-0.2, 0) is 5.41 Å². The fourth-order valence-electron chi connectivity index (χ4n) is 1.44. The molecule has 0 radical (unpaired) electrons. The highest BCUT2D eigenvalue weighted by Crippen LogP contribution is 2.34. The molecular weight excluding hydrogens is 272 g/mol. The molecule has 0 bridgehead atoms. The molecule has 2 aromatic rings. The molecule has 1 aromatic heterocycles. The van der Waals surface area contributed by atoms with E-state index in [1.165, 1.54) is 5.56 Å². The van der Waals surface area contributed by atoms with Crippen LogP contribution in [0.3, 0.4) is 0 Å². The van der Waals surface area contributed by atoms with Gasteiger partial charge in [0.2, 0.25) is 0 Å². The molecule has 0 amide bonds. The lowest BCUT2D eigenvalue weighted by molar-refractivity contribution is 0.625. The maximum Gasteiger partial charge on any atom is 0.183 e. The Hall–Kier alpha value is -0.740. The Balaban J connectivity index is 2.43. The average Bonchev–Trinajstić information content (AvgIpc) is 2.67. The van der Waals surface area contributed by atoms with Gasteiger partial charge in [0.25, 0.3) is 0 Å². The Morgan fingerprint density at radius 2 is 1.80 bits per heavy atom. The molecule has 0 aliphatic heterocycles. The van der Waals surface area contributed by atoms with Gasteiger partial charge in [0.05, 0.1) is 0 Å². The van der Waals surface area contributed by atoms with Crippen molar-refractivity contribution in [3.05, 3.63) is 44.8 Å². The predicted molar refractivity (Wildman–Crippen MR) is 66.2 cm³/mol. The first kappa shape index (κ1) is 10.8. The predicted octanol–water partition coefficient (Wildman–Crippen LogP) is 3.63. The molecular formula is C11H11BrN2S. The number of nitrogens with zero attached hydrogens (tertiary/aromatic N) is 2. The van der Waals surface area contributed by atoms with Crippen LogP contribution in [0, 0.1) is 0 Å². The Kier molecular flexibility index (Phi) is 2.89. The largest absolute Gasteiger partial charge is 0.183 e. The van der Waals surface area contributed by atoms with Gasteiger partial charge >= 0.3 is 0 Å². The minimum Gasteiger partial charge on any atom is -0.142 e. The van der Waals surface area contributed by atoms with E-state index in [4.69, 9.17) is 0 Å². The molecule has 0 atom stereocenters. The standard InChI is InChI=1S/C11H11BrN2S/c1-11(2,8-6-4-3-5-7-8)9-13-14-10(12)15-9/h3-7H,1-2H3. The van der Waals surface area contributed by atoms with Crippen LogP contribution in [0.5, 0.6) is 0 Å². The van der Waals surface area contributed by atoms with Crippen molar-refractivity contribution < 1.29 is 0 Å². The lowest BCUT2D eigenvalue weighted by Gasteiger charge is -2.21. The summed E-state index contributed by atoms with van der Waals surface area (Å²) in [6.45, 7) is 4.32. The summed E-state index contributed by atoms with van der Waals surface area (Å²) in [5, 5.41) is 9.21. The molecule has 0 saturated carbocycles. The van der Waals surface area contributed by atoms with E-state index in [-0.39, 0.29) is 5.41 Å². The van der Waals surface area contributed by atoms with Crippen molar-refractivity contribution in [2.75, 3.05) is 0 Å². The summed E-state index contributed by atoms with van der Waals surface area (Å²) in [4.78, 5) is 0. The number of rotatable bonds is 2. The molecule has 1 aromatic carbocycles. The second kappa shape index (κ2) is 4.02. The van der Waals surface area contributed by atoms with Gasteiger partial charge < -0.3 is 0 Å². The second-order valence-corrected chi connectivity index (χ2v) is 6.10. The quantitative estimate of drug-likeness (QED) is 0.841. The van der Waals surface area contributed by atoms with Crippen LogP contribution in [0.1, 0.15) is 24.4 Å². The van der Waals surface area contributed by atoms with E-state index in [0.29, 0.717) is 0 Å². The minimum absolute atomic E-state index is 0.0784. The lowest BCUT2D eigenvalue weighted by Crippen LogP contribution is -2.18. The Morgan fingerprint density at radius 1 is 1.13 bits per heavy atom. The number of aromatic nitrogens is 2. The monoisotopic (exact) mass is 282 g/mol. The summed E-state index contributed by atoms with van der Waals surface area (Å²) >= 11 is 4.93. The van der Waals surface area contributed by atoms with Crippen molar-refractivity contribution in [1.82, 2.24) is 10.2 Å². The first-order valence-corrected chi connectivity index (χ1v) is 6.26. The maximum absolute atomic E-state index is 4.19. The minimum atomic E-state index is -0.0784. The number of hydrogen-bond acceptors (Lipinski definition) is 3. The molecule has 0 unspecified atom stereocenters. The van der Waals surface area contributed by atoms with Gasteiger partial charge in [-0.15, -0.1) is 10.2 Å². The summed E-state index contributed by atoms with van der Waals surface area (Å²) in [7, 11) is 0. The van der Waals surface area contributed by atoms with Gasteiger partial charge in [-0.05, 0) is 35.3 Å². The third-order valence-corrected chi connectivity index (χ3v) is 4.11. The van der Waals surface area contributed by atoms with Gasteiger partial charge in [0, 0.05) is 5.41 Å². The number of benzene rings is 1. The van der Waals surface area contributed by atoms with E-state index < -0.39 is 0 Å². The van der Waals surface area contributed by atoms with Crippen molar-refractivity contribution in [3.63, 3.8) is 0 Å². The Bertz CT molecular complexity index is 451. The zero-order valence-corrected chi connectivity index (χ0v) is 11.0. The van der Waals surface area contributed by atoms with E-state index in [0.717, 1.165) is 8.92 Å². The second-order valence-electron chi connectivity index (χ2n) is 3.85. The van der Waals surface area contributed by atoms with E-state index in [1.54, 1.807) is 11.3 Å². The maximum atomic E-state index is 4.19. The molecule has 0 aliphatic rings. The molecule has 0 fully saturated rings. The van der Waals surface area contributed by atoms with Crippen molar-refractivity contribution >= 4 is 27.3 Å². The summed E-state index contributed by atoms with van der Waals surface area (Å²) in [5.74, 6) is 0. The molecule has 78 valence electrons. The number of halogens is 1. The van der Waals surface area contributed by atoms with Crippen molar-refractivity contribution in [3.8, 4) is 0 Å². The number of hydrogen-bond donors (Lipinski definition) is 0. The fraction of sp³-hybridized carbons (Fsp3) is 0.273. The van der Waals surface area contributed by atoms with Gasteiger partial charge in [-0.25, -0.2) is 0 Å².